The number of hydrogen-bond acceptors (Lipinski definition) is 7. The molecular formula is C13H20N4O2S. The first-order valence-electron chi connectivity index (χ1n) is 6.68. The summed E-state index contributed by atoms with van der Waals surface area (Å²) in [5.74, 6) is 1.36. The molecule has 0 aliphatic carbocycles. The summed E-state index contributed by atoms with van der Waals surface area (Å²) in [7, 11) is 1.85. The van der Waals surface area contributed by atoms with E-state index in [1.54, 1.807) is 0 Å². The quantitative estimate of drug-likeness (QED) is 0.882. The lowest BCUT2D eigenvalue weighted by Gasteiger charge is -2.16. The van der Waals surface area contributed by atoms with E-state index in [4.69, 9.17) is 9.26 Å². The molecule has 0 aliphatic rings. The van der Waals surface area contributed by atoms with Gasteiger partial charge in [0.25, 0.3) is 5.89 Å². The van der Waals surface area contributed by atoms with Gasteiger partial charge < -0.3 is 14.6 Å². The second-order valence-corrected chi connectivity index (χ2v) is 5.57. The van der Waals surface area contributed by atoms with Crippen molar-refractivity contribution in [3.63, 3.8) is 0 Å². The molecule has 0 spiro atoms. The van der Waals surface area contributed by atoms with Crippen molar-refractivity contribution in [2.45, 2.75) is 33.8 Å². The minimum atomic E-state index is -0.151. The number of anilines is 1. The molecule has 7 heteroatoms. The monoisotopic (exact) mass is 296 g/mol. The predicted molar refractivity (Wildman–Crippen MR) is 78.9 cm³/mol. The minimum absolute atomic E-state index is 0.151. The number of hydrogen-bond donors (Lipinski definition) is 1. The van der Waals surface area contributed by atoms with Gasteiger partial charge in [-0.1, -0.05) is 19.0 Å². The Kier molecular flexibility index (Phi) is 4.72. The Morgan fingerprint density at radius 3 is 2.75 bits per heavy atom. The normalized spacial score (nSPS) is 12.9. The number of nitrogens with zero attached hydrogens (tertiary/aromatic N) is 3. The Bertz CT molecular complexity index is 564. The van der Waals surface area contributed by atoms with Crippen molar-refractivity contribution in [1.29, 1.82) is 0 Å². The highest BCUT2D eigenvalue weighted by Gasteiger charge is 2.25. The molecule has 1 N–H and O–H groups in total. The largest absolute Gasteiger partial charge is 0.378 e. The Labute approximate surface area is 122 Å². The van der Waals surface area contributed by atoms with Crippen LogP contribution in [0.3, 0.4) is 0 Å². The molecule has 1 unspecified atom stereocenters. The van der Waals surface area contributed by atoms with Crippen molar-refractivity contribution in [3.8, 4) is 11.5 Å². The van der Waals surface area contributed by atoms with E-state index in [0.29, 0.717) is 18.3 Å². The first-order chi connectivity index (χ1) is 9.58. The van der Waals surface area contributed by atoms with Gasteiger partial charge in [-0.3, -0.25) is 0 Å². The van der Waals surface area contributed by atoms with E-state index < -0.39 is 0 Å². The van der Waals surface area contributed by atoms with Crippen molar-refractivity contribution in [2.24, 2.45) is 5.92 Å². The third-order valence-electron chi connectivity index (χ3n) is 2.95. The maximum atomic E-state index is 5.69. The number of aryl methyl sites for hydroxylation is 1. The highest BCUT2D eigenvalue weighted by molar-refractivity contribution is 7.10. The van der Waals surface area contributed by atoms with E-state index in [9.17, 15) is 0 Å². The molecule has 2 aromatic heterocycles. The Balaban J connectivity index is 2.34. The molecule has 0 aliphatic heterocycles. The molecule has 0 fully saturated rings. The van der Waals surface area contributed by atoms with Crippen LogP contribution in [-0.4, -0.2) is 28.2 Å². The van der Waals surface area contributed by atoms with E-state index in [2.05, 4.69) is 33.7 Å². The van der Waals surface area contributed by atoms with Crippen molar-refractivity contribution in [3.05, 3.63) is 11.5 Å². The van der Waals surface area contributed by atoms with Gasteiger partial charge in [0.15, 0.2) is 0 Å². The molecule has 0 aromatic carbocycles. The standard InChI is InChI=1S/C13H20N4O2S/c1-6-18-10(7(2)3)11-15-12(19-16-11)9-8(4)17-20-13(9)14-5/h7,10,14H,6H2,1-5H3. The second-order valence-electron chi connectivity index (χ2n) is 4.80. The van der Waals surface area contributed by atoms with Gasteiger partial charge >= 0.3 is 0 Å². The van der Waals surface area contributed by atoms with Gasteiger partial charge in [0, 0.05) is 13.7 Å². The Morgan fingerprint density at radius 1 is 1.40 bits per heavy atom. The maximum absolute atomic E-state index is 5.69. The SMILES string of the molecule is CCOC(c1noc(-c2c(C)nsc2NC)n1)C(C)C. The van der Waals surface area contributed by atoms with Gasteiger partial charge in [0.2, 0.25) is 5.82 Å². The van der Waals surface area contributed by atoms with Crippen LogP contribution in [-0.2, 0) is 4.74 Å². The van der Waals surface area contributed by atoms with Crippen LogP contribution in [0.15, 0.2) is 4.52 Å². The van der Waals surface area contributed by atoms with Crippen LogP contribution in [0.4, 0.5) is 5.00 Å². The van der Waals surface area contributed by atoms with Gasteiger partial charge in [-0.15, -0.1) is 0 Å². The summed E-state index contributed by atoms with van der Waals surface area (Å²) in [6.07, 6.45) is -0.151. The van der Waals surface area contributed by atoms with Gasteiger partial charge in [0.05, 0.1) is 11.3 Å². The summed E-state index contributed by atoms with van der Waals surface area (Å²) >= 11 is 1.39. The third kappa shape index (κ3) is 2.83. The van der Waals surface area contributed by atoms with Crippen LogP contribution in [0.25, 0.3) is 11.5 Å². The van der Waals surface area contributed by atoms with Crippen LogP contribution in [0.1, 0.15) is 38.4 Å². The smallest absolute Gasteiger partial charge is 0.262 e. The zero-order chi connectivity index (χ0) is 14.7. The van der Waals surface area contributed by atoms with E-state index in [-0.39, 0.29) is 12.0 Å². The van der Waals surface area contributed by atoms with Crippen molar-refractivity contribution >= 4 is 16.5 Å². The third-order valence-corrected chi connectivity index (χ3v) is 3.91. The van der Waals surface area contributed by atoms with E-state index in [1.165, 1.54) is 11.5 Å². The molecule has 0 bridgehead atoms. The van der Waals surface area contributed by atoms with Gasteiger partial charge in [-0.05, 0) is 31.3 Å². The number of aromatic nitrogens is 3. The number of nitrogens with one attached hydrogen (secondary N) is 1. The first kappa shape index (κ1) is 14.9. The zero-order valence-corrected chi connectivity index (χ0v) is 13.2. The fourth-order valence-electron chi connectivity index (χ4n) is 1.99. The summed E-state index contributed by atoms with van der Waals surface area (Å²) in [4.78, 5) is 4.49. The zero-order valence-electron chi connectivity index (χ0n) is 12.4. The summed E-state index contributed by atoms with van der Waals surface area (Å²) in [5, 5.41) is 8.09. The lowest BCUT2D eigenvalue weighted by molar-refractivity contribution is 0.0217. The van der Waals surface area contributed by atoms with Gasteiger partial charge in [-0.2, -0.15) is 9.36 Å². The number of ether oxygens (including phenoxy) is 1. The fourth-order valence-corrected chi connectivity index (χ4v) is 2.73. The lowest BCUT2D eigenvalue weighted by Crippen LogP contribution is -2.12. The average molecular weight is 296 g/mol. The summed E-state index contributed by atoms with van der Waals surface area (Å²) in [6.45, 7) is 8.66. The van der Waals surface area contributed by atoms with E-state index in [0.717, 1.165) is 16.3 Å². The number of rotatable bonds is 6. The lowest BCUT2D eigenvalue weighted by atomic mass is 10.1. The van der Waals surface area contributed by atoms with Crippen LogP contribution >= 0.6 is 11.5 Å². The topological polar surface area (TPSA) is 73.1 Å². The highest BCUT2D eigenvalue weighted by atomic mass is 32.1. The molecule has 0 amide bonds. The van der Waals surface area contributed by atoms with E-state index >= 15 is 0 Å². The minimum Gasteiger partial charge on any atom is -0.378 e. The van der Waals surface area contributed by atoms with Crippen molar-refractivity contribution in [2.75, 3.05) is 19.0 Å². The molecule has 110 valence electrons. The molecule has 0 radical (unpaired) electrons. The van der Waals surface area contributed by atoms with Crippen molar-refractivity contribution in [1.82, 2.24) is 14.5 Å². The predicted octanol–water partition coefficient (Wildman–Crippen LogP) is 3.28. The van der Waals surface area contributed by atoms with Crippen LogP contribution in [0, 0.1) is 12.8 Å². The summed E-state index contributed by atoms with van der Waals surface area (Å²) in [6, 6.07) is 0. The van der Waals surface area contributed by atoms with Crippen molar-refractivity contribution < 1.29 is 9.26 Å². The van der Waals surface area contributed by atoms with Crippen LogP contribution < -0.4 is 5.32 Å². The Hall–Kier alpha value is -1.47. The first-order valence-corrected chi connectivity index (χ1v) is 7.45. The maximum Gasteiger partial charge on any atom is 0.262 e. The molecular weight excluding hydrogens is 276 g/mol. The molecule has 20 heavy (non-hydrogen) atoms. The molecule has 2 aromatic rings. The molecule has 1 atom stereocenters. The summed E-state index contributed by atoms with van der Waals surface area (Å²) < 4.78 is 15.4. The molecule has 0 saturated carbocycles. The van der Waals surface area contributed by atoms with Gasteiger partial charge in [0.1, 0.15) is 11.1 Å². The fraction of sp³-hybridized carbons (Fsp3) is 0.615. The average Bonchev–Trinajstić information content (AvgIpc) is 3.01. The summed E-state index contributed by atoms with van der Waals surface area (Å²) in [5.41, 5.74) is 1.75. The van der Waals surface area contributed by atoms with Crippen LogP contribution in [0.5, 0.6) is 0 Å². The molecule has 0 saturated heterocycles. The molecule has 2 heterocycles. The van der Waals surface area contributed by atoms with E-state index in [1.807, 2.05) is 20.9 Å². The molecule has 2 rings (SSSR count). The molecule has 6 nitrogen and oxygen atoms in total. The van der Waals surface area contributed by atoms with Gasteiger partial charge in [-0.25, -0.2) is 0 Å². The second kappa shape index (κ2) is 6.32. The Morgan fingerprint density at radius 2 is 2.15 bits per heavy atom. The van der Waals surface area contributed by atoms with Crippen LogP contribution in [0.2, 0.25) is 0 Å². The highest BCUT2D eigenvalue weighted by Crippen LogP contribution is 2.34.